The number of benzene rings is 3. The molecule has 2 heterocycles. The molecule has 0 radical (unpaired) electrons. The highest BCUT2D eigenvalue weighted by Crippen LogP contribution is 2.41. The van der Waals surface area contributed by atoms with Crippen LogP contribution in [0.5, 0.6) is 0 Å². The van der Waals surface area contributed by atoms with Crippen LogP contribution in [0.2, 0.25) is 0 Å². The maximum absolute atomic E-state index is 3.97. The lowest BCUT2D eigenvalue weighted by Gasteiger charge is -2.11. The molecule has 3 aromatic carbocycles. The average molecular weight is 407 g/mol. The Hall–Kier alpha value is -1.46. The summed E-state index contributed by atoms with van der Waals surface area (Å²) in [5.74, 6) is 0. The first-order valence-electron chi connectivity index (χ1n) is 8.19. The summed E-state index contributed by atoms with van der Waals surface area (Å²) in [4.78, 5) is 0. The molecule has 126 valence electrons. The van der Waals surface area contributed by atoms with E-state index in [1.807, 2.05) is 53.1 Å². The average Bonchev–Trinajstić information content (AvgIpc) is 3.39. The van der Waals surface area contributed by atoms with E-state index in [2.05, 4.69) is 70.7 Å². The van der Waals surface area contributed by atoms with E-state index < -0.39 is 0 Å². The van der Waals surface area contributed by atoms with Gasteiger partial charge in [-0.25, -0.2) is 0 Å². The molecule has 0 spiro atoms. The Kier molecular flexibility index (Phi) is 4.45. The molecule has 0 saturated heterocycles. The molecule has 0 aliphatic carbocycles. The van der Waals surface area contributed by atoms with Crippen molar-refractivity contribution in [2.24, 2.45) is 0 Å². The minimum Gasteiger partial charge on any atom is -0.0985 e. The summed E-state index contributed by atoms with van der Waals surface area (Å²) >= 11 is 7.29. The first-order chi connectivity index (χ1) is 12.9. The third kappa shape index (κ3) is 2.67. The van der Waals surface area contributed by atoms with E-state index in [0.29, 0.717) is 0 Å². The Morgan fingerprint density at radius 1 is 0.615 bits per heavy atom. The van der Waals surface area contributed by atoms with Gasteiger partial charge in [-0.1, -0.05) is 96.1 Å². The molecular formula is C22H14S4. The number of hydrogen-bond donors (Lipinski definition) is 0. The Morgan fingerprint density at radius 2 is 1.12 bits per heavy atom. The highest BCUT2D eigenvalue weighted by atomic mass is 32.2. The van der Waals surface area contributed by atoms with Crippen LogP contribution >= 0.6 is 47.0 Å². The van der Waals surface area contributed by atoms with Crippen LogP contribution < -0.4 is 10.4 Å². The summed E-state index contributed by atoms with van der Waals surface area (Å²) in [6.45, 7) is 3.97. The van der Waals surface area contributed by atoms with Crippen LogP contribution in [0.1, 0.15) is 5.56 Å². The highest BCUT2D eigenvalue weighted by molar-refractivity contribution is 8.35. The van der Waals surface area contributed by atoms with E-state index in [-0.39, 0.29) is 0 Å². The van der Waals surface area contributed by atoms with Gasteiger partial charge < -0.3 is 0 Å². The fourth-order valence-electron chi connectivity index (χ4n) is 3.41. The second kappa shape index (κ2) is 6.93. The van der Waals surface area contributed by atoms with Gasteiger partial charge in [0.1, 0.15) is 0 Å². The second-order valence-electron chi connectivity index (χ2n) is 5.90. The summed E-state index contributed by atoms with van der Waals surface area (Å²) in [5, 5.41) is 16.7. The van der Waals surface area contributed by atoms with Gasteiger partial charge in [-0.05, 0) is 54.8 Å². The van der Waals surface area contributed by atoms with Crippen molar-refractivity contribution < 1.29 is 0 Å². The minimum absolute atomic E-state index is 1.16. The van der Waals surface area contributed by atoms with Crippen molar-refractivity contribution >= 4 is 83.1 Å². The summed E-state index contributed by atoms with van der Waals surface area (Å²) in [7, 11) is 0. The number of rotatable bonds is 1. The minimum atomic E-state index is 1.16. The van der Waals surface area contributed by atoms with Gasteiger partial charge in [-0.2, -0.15) is 0 Å². The van der Waals surface area contributed by atoms with Crippen molar-refractivity contribution in [2.75, 3.05) is 0 Å². The van der Waals surface area contributed by atoms with Gasteiger partial charge in [0.25, 0.3) is 0 Å². The third-order valence-electron chi connectivity index (χ3n) is 4.50. The largest absolute Gasteiger partial charge is 0.0985 e. The Balaban J connectivity index is 2.11. The maximum Gasteiger partial charge on any atom is 0.0571 e. The van der Waals surface area contributed by atoms with E-state index in [0.717, 1.165) is 5.56 Å². The fourth-order valence-corrected chi connectivity index (χ4v) is 7.26. The zero-order chi connectivity index (χ0) is 17.5. The zero-order valence-corrected chi connectivity index (χ0v) is 17.0. The molecule has 0 aromatic heterocycles. The van der Waals surface area contributed by atoms with Crippen LogP contribution in [0, 0.1) is 0 Å². The SMILES string of the molecule is C=Cc1ccc2c(=C3SC=CS3)c3ccccc3c(=C3SC=CS3)c2c1. The molecule has 0 unspecified atom stereocenters. The third-order valence-corrected chi connectivity index (χ3v) is 8.76. The molecule has 0 nitrogen and oxygen atoms in total. The van der Waals surface area contributed by atoms with Crippen LogP contribution in [-0.4, -0.2) is 0 Å². The van der Waals surface area contributed by atoms with Gasteiger partial charge in [0.2, 0.25) is 0 Å². The van der Waals surface area contributed by atoms with Crippen molar-refractivity contribution in [3.63, 3.8) is 0 Å². The number of thioether (sulfide) groups is 4. The van der Waals surface area contributed by atoms with Crippen LogP contribution in [0.3, 0.4) is 0 Å². The van der Waals surface area contributed by atoms with Gasteiger partial charge in [0.05, 0.1) is 8.47 Å². The molecule has 4 heteroatoms. The van der Waals surface area contributed by atoms with E-state index in [4.69, 9.17) is 0 Å². The molecular weight excluding hydrogens is 393 g/mol. The molecule has 0 saturated carbocycles. The van der Waals surface area contributed by atoms with Gasteiger partial charge in [-0.3, -0.25) is 0 Å². The highest BCUT2D eigenvalue weighted by Gasteiger charge is 2.15. The lowest BCUT2D eigenvalue weighted by molar-refractivity contribution is 1.67. The second-order valence-corrected chi connectivity index (χ2v) is 10.1. The predicted molar refractivity (Wildman–Crippen MR) is 126 cm³/mol. The first-order valence-corrected chi connectivity index (χ1v) is 11.7. The van der Waals surface area contributed by atoms with Gasteiger partial charge in [0, 0.05) is 10.4 Å². The maximum atomic E-state index is 3.97. The van der Waals surface area contributed by atoms with Crippen molar-refractivity contribution in [3.05, 3.63) is 86.7 Å². The Bertz CT molecular complexity index is 1230. The molecule has 0 atom stereocenters. The smallest absolute Gasteiger partial charge is 0.0571 e. The summed E-state index contributed by atoms with van der Waals surface area (Å²) in [6.07, 6.45) is 1.93. The summed E-state index contributed by atoms with van der Waals surface area (Å²) < 4.78 is 2.72. The Morgan fingerprint density at radius 3 is 1.65 bits per heavy atom. The molecule has 26 heavy (non-hydrogen) atoms. The normalized spacial score (nSPS) is 16.3. The van der Waals surface area contributed by atoms with E-state index in [9.17, 15) is 0 Å². The van der Waals surface area contributed by atoms with Crippen molar-refractivity contribution in [3.8, 4) is 0 Å². The molecule has 0 fully saturated rings. The number of hydrogen-bond acceptors (Lipinski definition) is 4. The first kappa shape index (κ1) is 16.7. The zero-order valence-electron chi connectivity index (χ0n) is 13.8. The molecule has 2 aliphatic heterocycles. The number of fused-ring (bicyclic) bond motifs is 2. The van der Waals surface area contributed by atoms with Crippen molar-refractivity contribution in [1.29, 1.82) is 0 Å². The topological polar surface area (TPSA) is 0 Å². The monoisotopic (exact) mass is 406 g/mol. The van der Waals surface area contributed by atoms with Crippen LogP contribution in [0.15, 0.2) is 70.7 Å². The van der Waals surface area contributed by atoms with Gasteiger partial charge >= 0.3 is 0 Å². The van der Waals surface area contributed by atoms with Crippen LogP contribution in [-0.2, 0) is 0 Å². The van der Waals surface area contributed by atoms with E-state index in [1.165, 1.54) is 40.5 Å². The predicted octanol–water partition coefficient (Wildman–Crippen LogP) is 6.67. The molecule has 0 bridgehead atoms. The molecule has 5 rings (SSSR count). The van der Waals surface area contributed by atoms with E-state index >= 15 is 0 Å². The fraction of sp³-hybridized carbons (Fsp3) is 0. The molecule has 2 aliphatic rings. The quantitative estimate of drug-likeness (QED) is 0.414. The van der Waals surface area contributed by atoms with Gasteiger partial charge in [-0.15, -0.1) is 0 Å². The van der Waals surface area contributed by atoms with Gasteiger partial charge in [0.15, 0.2) is 0 Å². The van der Waals surface area contributed by atoms with Crippen molar-refractivity contribution in [2.45, 2.75) is 0 Å². The van der Waals surface area contributed by atoms with Crippen LogP contribution in [0.4, 0.5) is 0 Å². The summed E-state index contributed by atoms with van der Waals surface area (Å²) in [6, 6.07) is 15.6. The Labute approximate surface area is 169 Å². The van der Waals surface area contributed by atoms with Crippen molar-refractivity contribution in [1.82, 2.24) is 0 Å². The lowest BCUT2D eigenvalue weighted by atomic mass is 9.97. The molecule has 3 aromatic rings. The molecule has 0 N–H and O–H groups in total. The van der Waals surface area contributed by atoms with E-state index in [1.54, 1.807) is 0 Å². The lowest BCUT2D eigenvalue weighted by Crippen LogP contribution is -2.16. The van der Waals surface area contributed by atoms with Crippen LogP contribution in [0.25, 0.3) is 36.1 Å². The molecule has 0 amide bonds. The standard InChI is InChI=1S/C22H14S4/c1-2-14-7-8-17-18(13-14)20(22-25-11-12-26-22)16-6-4-3-5-15(16)19(17)21-23-9-10-24-21/h2-13H,1H2. The summed E-state index contributed by atoms with van der Waals surface area (Å²) in [5.41, 5.74) is 1.16.